The van der Waals surface area contributed by atoms with Gasteiger partial charge in [-0.05, 0) is 36.8 Å². The van der Waals surface area contributed by atoms with Crippen molar-refractivity contribution in [2.75, 3.05) is 6.54 Å². The van der Waals surface area contributed by atoms with Crippen molar-refractivity contribution in [3.8, 4) is 0 Å². The van der Waals surface area contributed by atoms with Crippen LogP contribution in [0.1, 0.15) is 35.3 Å². The zero-order valence-electron chi connectivity index (χ0n) is 14.9. The van der Waals surface area contributed by atoms with Gasteiger partial charge in [0.05, 0.1) is 16.5 Å². The molecule has 28 heavy (non-hydrogen) atoms. The van der Waals surface area contributed by atoms with Gasteiger partial charge in [-0.25, -0.2) is 22.3 Å². The monoisotopic (exact) mass is 411 g/mol. The maximum atomic E-state index is 13.5. The fourth-order valence-electron chi connectivity index (χ4n) is 2.40. The van der Waals surface area contributed by atoms with Gasteiger partial charge < -0.3 is 10.6 Å². The summed E-state index contributed by atoms with van der Waals surface area (Å²) < 4.78 is 48.8. The lowest BCUT2D eigenvalue weighted by Crippen LogP contribution is -2.32. The van der Waals surface area contributed by atoms with Crippen LogP contribution in [0, 0.1) is 11.6 Å². The molecule has 2 aromatic rings. The van der Waals surface area contributed by atoms with Crippen LogP contribution in [0.25, 0.3) is 0 Å². The minimum atomic E-state index is -3.79. The Morgan fingerprint density at radius 3 is 2.32 bits per heavy atom. The Balaban J connectivity index is 1.84. The van der Waals surface area contributed by atoms with E-state index in [0.717, 1.165) is 12.1 Å². The van der Waals surface area contributed by atoms with Crippen molar-refractivity contribution in [2.24, 2.45) is 5.14 Å². The van der Waals surface area contributed by atoms with Crippen LogP contribution in [0.2, 0.25) is 0 Å². The molecule has 1 unspecified atom stereocenters. The van der Waals surface area contributed by atoms with Crippen molar-refractivity contribution in [2.45, 2.75) is 24.3 Å². The van der Waals surface area contributed by atoms with Crippen LogP contribution in [0.15, 0.2) is 47.4 Å². The molecule has 0 aliphatic heterocycles. The normalized spacial score (nSPS) is 12.3. The number of benzene rings is 2. The van der Waals surface area contributed by atoms with Crippen molar-refractivity contribution in [1.29, 1.82) is 0 Å². The van der Waals surface area contributed by atoms with Gasteiger partial charge in [0, 0.05) is 19.0 Å². The summed E-state index contributed by atoms with van der Waals surface area (Å²) >= 11 is 0. The van der Waals surface area contributed by atoms with Gasteiger partial charge in [-0.3, -0.25) is 9.59 Å². The molecule has 0 saturated carbocycles. The molecule has 0 spiro atoms. The third-order valence-electron chi connectivity index (χ3n) is 3.90. The number of carbonyl (C=O) groups is 2. The smallest absolute Gasteiger partial charge is 0.254 e. The molecule has 150 valence electrons. The quantitative estimate of drug-likeness (QED) is 0.641. The molecule has 0 saturated heterocycles. The number of primary sulfonamides is 1. The molecular formula is C18H19F2N3O4S. The Labute approximate surface area is 161 Å². The van der Waals surface area contributed by atoms with E-state index in [4.69, 9.17) is 5.14 Å². The number of carbonyl (C=O) groups excluding carboxylic acids is 2. The summed E-state index contributed by atoms with van der Waals surface area (Å²) in [6.45, 7) is 1.66. The molecule has 0 heterocycles. The summed E-state index contributed by atoms with van der Waals surface area (Å²) in [5, 5.41) is 10.1. The molecule has 0 aliphatic carbocycles. The fourth-order valence-corrected chi connectivity index (χ4v) is 2.92. The third-order valence-corrected chi connectivity index (χ3v) is 4.83. The number of sulfonamides is 1. The first-order chi connectivity index (χ1) is 13.1. The molecule has 1 atom stereocenters. The van der Waals surface area contributed by atoms with Crippen LogP contribution in [0.3, 0.4) is 0 Å². The Bertz CT molecular complexity index is 979. The highest BCUT2D eigenvalue weighted by Crippen LogP contribution is 2.15. The molecule has 10 heteroatoms. The second kappa shape index (κ2) is 8.89. The van der Waals surface area contributed by atoms with Crippen LogP contribution in [-0.2, 0) is 14.8 Å². The first-order valence-electron chi connectivity index (χ1n) is 8.23. The molecule has 0 fully saturated rings. The van der Waals surface area contributed by atoms with Crippen molar-refractivity contribution in [3.05, 3.63) is 65.2 Å². The molecule has 4 N–H and O–H groups in total. The van der Waals surface area contributed by atoms with Crippen molar-refractivity contribution >= 4 is 21.8 Å². The van der Waals surface area contributed by atoms with E-state index in [2.05, 4.69) is 10.6 Å². The molecule has 0 aliphatic rings. The minimum absolute atomic E-state index is 0.0366. The van der Waals surface area contributed by atoms with E-state index in [1.165, 1.54) is 24.3 Å². The number of hydrogen-bond acceptors (Lipinski definition) is 4. The second-order valence-electron chi connectivity index (χ2n) is 6.03. The summed E-state index contributed by atoms with van der Waals surface area (Å²) in [6.07, 6.45) is -0.0614. The maximum Gasteiger partial charge on any atom is 0.254 e. The van der Waals surface area contributed by atoms with Crippen LogP contribution in [0.4, 0.5) is 8.78 Å². The number of rotatable bonds is 7. The van der Waals surface area contributed by atoms with Gasteiger partial charge in [0.15, 0.2) is 0 Å². The number of nitrogens with two attached hydrogens (primary N) is 1. The standard InChI is InChI=1S/C18H19F2N3O4S/c1-11(12-2-5-14(6-3-12)28(21,26)27)23-17(24)8-9-22-18(25)15-7-4-13(19)10-16(15)20/h2-7,10-11H,8-9H2,1H3,(H,22,25)(H,23,24)(H2,21,26,27). The number of halogens is 2. The lowest BCUT2D eigenvalue weighted by atomic mass is 10.1. The largest absolute Gasteiger partial charge is 0.351 e. The van der Waals surface area contributed by atoms with Gasteiger partial charge in [-0.15, -0.1) is 0 Å². The Hall–Kier alpha value is -2.85. The average molecular weight is 411 g/mol. The summed E-state index contributed by atoms with van der Waals surface area (Å²) in [5.41, 5.74) is 0.350. The van der Waals surface area contributed by atoms with Crippen LogP contribution < -0.4 is 15.8 Å². The molecular weight excluding hydrogens is 392 g/mol. The highest BCUT2D eigenvalue weighted by Gasteiger charge is 2.14. The summed E-state index contributed by atoms with van der Waals surface area (Å²) in [5.74, 6) is -2.90. The van der Waals surface area contributed by atoms with E-state index in [9.17, 15) is 26.8 Å². The van der Waals surface area contributed by atoms with E-state index in [1.54, 1.807) is 6.92 Å². The maximum absolute atomic E-state index is 13.5. The fraction of sp³-hybridized carbons (Fsp3) is 0.222. The first-order valence-corrected chi connectivity index (χ1v) is 9.78. The van der Waals surface area contributed by atoms with Gasteiger partial charge in [0.25, 0.3) is 5.91 Å². The topological polar surface area (TPSA) is 118 Å². The van der Waals surface area contributed by atoms with E-state index in [1.807, 2.05) is 0 Å². The SMILES string of the molecule is CC(NC(=O)CCNC(=O)c1ccc(F)cc1F)c1ccc(S(N)(=O)=O)cc1. The predicted octanol–water partition coefficient (Wildman–Crippen LogP) is 1.61. The highest BCUT2D eigenvalue weighted by atomic mass is 32.2. The van der Waals surface area contributed by atoms with E-state index in [-0.39, 0.29) is 29.3 Å². The Kier molecular flexibility index (Phi) is 6.81. The van der Waals surface area contributed by atoms with Gasteiger partial charge >= 0.3 is 0 Å². The van der Waals surface area contributed by atoms with Crippen molar-refractivity contribution in [3.63, 3.8) is 0 Å². The molecule has 0 radical (unpaired) electrons. The minimum Gasteiger partial charge on any atom is -0.351 e. The van der Waals surface area contributed by atoms with Crippen LogP contribution >= 0.6 is 0 Å². The van der Waals surface area contributed by atoms with Gasteiger partial charge in [-0.1, -0.05) is 12.1 Å². The van der Waals surface area contributed by atoms with E-state index in [0.29, 0.717) is 11.6 Å². The molecule has 0 aromatic heterocycles. The Morgan fingerprint density at radius 2 is 1.75 bits per heavy atom. The van der Waals surface area contributed by atoms with Crippen LogP contribution in [-0.4, -0.2) is 26.8 Å². The molecule has 2 amide bonds. The van der Waals surface area contributed by atoms with E-state index >= 15 is 0 Å². The van der Waals surface area contributed by atoms with Crippen molar-refractivity contribution < 1.29 is 26.8 Å². The molecule has 2 aromatic carbocycles. The lowest BCUT2D eigenvalue weighted by molar-refractivity contribution is -0.121. The number of amides is 2. The summed E-state index contributed by atoms with van der Waals surface area (Å²) in [7, 11) is -3.79. The predicted molar refractivity (Wildman–Crippen MR) is 97.7 cm³/mol. The van der Waals surface area contributed by atoms with Gasteiger partial charge in [-0.2, -0.15) is 0 Å². The molecule has 0 bridgehead atoms. The molecule has 7 nitrogen and oxygen atoms in total. The second-order valence-corrected chi connectivity index (χ2v) is 7.59. The Morgan fingerprint density at radius 1 is 1.11 bits per heavy atom. The zero-order chi connectivity index (χ0) is 20.9. The summed E-state index contributed by atoms with van der Waals surface area (Å²) in [6, 6.07) is 7.92. The average Bonchev–Trinajstić information content (AvgIpc) is 2.60. The third kappa shape index (κ3) is 5.83. The highest BCUT2D eigenvalue weighted by molar-refractivity contribution is 7.89. The number of nitrogens with one attached hydrogen (secondary N) is 2. The van der Waals surface area contributed by atoms with Gasteiger partial charge in [0.1, 0.15) is 11.6 Å². The molecule has 2 rings (SSSR count). The summed E-state index contributed by atoms with van der Waals surface area (Å²) in [4.78, 5) is 23.8. The zero-order valence-corrected chi connectivity index (χ0v) is 15.7. The van der Waals surface area contributed by atoms with Crippen LogP contribution in [0.5, 0.6) is 0 Å². The number of hydrogen-bond donors (Lipinski definition) is 3. The lowest BCUT2D eigenvalue weighted by Gasteiger charge is -2.15. The van der Waals surface area contributed by atoms with E-state index < -0.39 is 33.6 Å². The van der Waals surface area contributed by atoms with Gasteiger partial charge in [0.2, 0.25) is 15.9 Å². The first kappa shape index (κ1) is 21.5. The van der Waals surface area contributed by atoms with Crippen molar-refractivity contribution in [1.82, 2.24) is 10.6 Å².